The van der Waals surface area contributed by atoms with E-state index in [2.05, 4.69) is 5.32 Å². The first-order valence-corrected chi connectivity index (χ1v) is 17.1. The predicted molar refractivity (Wildman–Crippen MR) is 174 cm³/mol. The number of nitrogens with zero attached hydrogens (tertiary/aromatic N) is 2. The maximum Gasteiger partial charge on any atom is 0.264 e. The minimum absolute atomic E-state index is 0.0223. The van der Waals surface area contributed by atoms with Crippen LogP contribution in [0.5, 0.6) is 5.75 Å². The molecule has 4 rings (SSSR count). The summed E-state index contributed by atoms with van der Waals surface area (Å²) >= 11 is 6.51. The van der Waals surface area contributed by atoms with Gasteiger partial charge in [0, 0.05) is 17.6 Å². The van der Waals surface area contributed by atoms with Crippen LogP contribution in [-0.4, -0.2) is 50.4 Å². The number of rotatable bonds is 13. The standard InChI is InChI=1S/C34H42ClN3O5S/c1-4-32(34(40)36-27-12-7-6-8-13-27)37(23-26-11-9-10-14-31(26)35)33(39)24-38(28-17-15-25(3)16-18-28)44(41,42)30-21-19-29(20-22-30)43-5-2/h9-11,14-22,27,32H,4-8,12-13,23-24H2,1-3H3,(H,36,40). The molecule has 0 saturated heterocycles. The number of hydrogen-bond acceptors (Lipinski definition) is 5. The topological polar surface area (TPSA) is 96.0 Å². The van der Waals surface area contributed by atoms with Gasteiger partial charge in [0.2, 0.25) is 11.8 Å². The molecule has 236 valence electrons. The average Bonchev–Trinajstić information content (AvgIpc) is 3.02. The SMILES string of the molecule is CCOc1ccc(S(=O)(=O)N(CC(=O)N(Cc2ccccc2Cl)C(CC)C(=O)NC2CCCCC2)c2ccc(C)cc2)cc1. The Balaban J connectivity index is 1.70. The zero-order chi connectivity index (χ0) is 31.7. The largest absolute Gasteiger partial charge is 0.494 e. The molecule has 3 aromatic rings. The van der Waals surface area contributed by atoms with Gasteiger partial charge in [0.15, 0.2) is 0 Å². The van der Waals surface area contributed by atoms with Crippen LogP contribution in [-0.2, 0) is 26.2 Å². The smallest absolute Gasteiger partial charge is 0.264 e. The fourth-order valence-electron chi connectivity index (χ4n) is 5.52. The van der Waals surface area contributed by atoms with Crippen molar-refractivity contribution in [2.45, 2.75) is 82.8 Å². The summed E-state index contributed by atoms with van der Waals surface area (Å²) in [4.78, 5) is 29.5. The van der Waals surface area contributed by atoms with Crippen LogP contribution in [0.15, 0.2) is 77.7 Å². The van der Waals surface area contributed by atoms with Crippen molar-refractivity contribution in [1.82, 2.24) is 10.2 Å². The molecule has 0 radical (unpaired) electrons. The first-order chi connectivity index (χ1) is 21.1. The highest BCUT2D eigenvalue weighted by Gasteiger charge is 2.34. The number of ether oxygens (including phenoxy) is 1. The first kappa shape index (κ1) is 33.3. The van der Waals surface area contributed by atoms with E-state index in [0.29, 0.717) is 35.1 Å². The predicted octanol–water partition coefficient (Wildman–Crippen LogP) is 6.50. The van der Waals surface area contributed by atoms with E-state index in [1.807, 2.05) is 32.9 Å². The van der Waals surface area contributed by atoms with Crippen LogP contribution >= 0.6 is 11.6 Å². The van der Waals surface area contributed by atoms with E-state index < -0.39 is 28.5 Å². The summed E-state index contributed by atoms with van der Waals surface area (Å²) in [5, 5.41) is 3.62. The lowest BCUT2D eigenvalue weighted by molar-refractivity contribution is -0.140. The monoisotopic (exact) mass is 639 g/mol. The molecule has 0 bridgehead atoms. The average molecular weight is 640 g/mol. The molecule has 44 heavy (non-hydrogen) atoms. The number of aryl methyl sites for hydroxylation is 1. The van der Waals surface area contributed by atoms with Crippen LogP contribution in [0.4, 0.5) is 5.69 Å². The maximum absolute atomic E-state index is 14.3. The Hall–Kier alpha value is -3.56. The van der Waals surface area contributed by atoms with Gasteiger partial charge in [0.25, 0.3) is 10.0 Å². The van der Waals surface area contributed by atoms with Crippen molar-refractivity contribution in [2.75, 3.05) is 17.5 Å². The number of carbonyl (C=O) groups is 2. The molecule has 1 unspecified atom stereocenters. The van der Waals surface area contributed by atoms with E-state index >= 15 is 0 Å². The maximum atomic E-state index is 14.3. The molecule has 3 aromatic carbocycles. The van der Waals surface area contributed by atoms with E-state index in [-0.39, 0.29) is 23.4 Å². The van der Waals surface area contributed by atoms with Crippen LogP contribution < -0.4 is 14.4 Å². The van der Waals surface area contributed by atoms with Gasteiger partial charge < -0.3 is 15.0 Å². The van der Waals surface area contributed by atoms with Crippen molar-refractivity contribution >= 4 is 39.1 Å². The van der Waals surface area contributed by atoms with Crippen molar-refractivity contribution < 1.29 is 22.7 Å². The third-order valence-electron chi connectivity index (χ3n) is 7.96. The summed E-state index contributed by atoms with van der Waals surface area (Å²) in [7, 11) is -4.18. The normalized spacial score (nSPS) is 14.5. The molecular formula is C34H42ClN3O5S. The van der Waals surface area contributed by atoms with Crippen LogP contribution in [0.3, 0.4) is 0 Å². The zero-order valence-corrected chi connectivity index (χ0v) is 27.2. The van der Waals surface area contributed by atoms with Gasteiger partial charge in [-0.05, 0) is 81.1 Å². The molecule has 8 nitrogen and oxygen atoms in total. The van der Waals surface area contributed by atoms with Crippen molar-refractivity contribution in [2.24, 2.45) is 0 Å². The number of hydrogen-bond donors (Lipinski definition) is 1. The summed E-state index contributed by atoms with van der Waals surface area (Å²) in [5.41, 5.74) is 1.96. The highest BCUT2D eigenvalue weighted by molar-refractivity contribution is 7.92. The summed E-state index contributed by atoms with van der Waals surface area (Å²) in [6.07, 6.45) is 5.42. The quantitative estimate of drug-likeness (QED) is 0.230. The van der Waals surface area contributed by atoms with E-state index in [0.717, 1.165) is 42.0 Å². The Bertz CT molecular complexity index is 1510. The molecular weight excluding hydrogens is 598 g/mol. The van der Waals surface area contributed by atoms with Gasteiger partial charge in [-0.15, -0.1) is 0 Å². The molecule has 1 fully saturated rings. The van der Waals surface area contributed by atoms with E-state index in [4.69, 9.17) is 16.3 Å². The number of sulfonamides is 1. The Labute approximate surface area is 266 Å². The van der Waals surface area contributed by atoms with Gasteiger partial charge in [0.1, 0.15) is 18.3 Å². The van der Waals surface area contributed by atoms with Crippen LogP contribution in [0.2, 0.25) is 5.02 Å². The number of benzene rings is 3. The van der Waals surface area contributed by atoms with Gasteiger partial charge in [-0.3, -0.25) is 13.9 Å². The number of nitrogens with one attached hydrogen (secondary N) is 1. The Morgan fingerprint density at radius 2 is 1.61 bits per heavy atom. The molecule has 1 N–H and O–H groups in total. The summed E-state index contributed by atoms with van der Waals surface area (Å²) in [6.45, 7) is 5.61. The minimum atomic E-state index is -4.18. The molecule has 1 aliphatic carbocycles. The molecule has 10 heteroatoms. The van der Waals surface area contributed by atoms with Crippen molar-refractivity contribution in [1.29, 1.82) is 0 Å². The van der Waals surface area contributed by atoms with Crippen molar-refractivity contribution in [3.05, 3.63) is 88.9 Å². The molecule has 1 saturated carbocycles. The number of carbonyl (C=O) groups excluding carboxylic acids is 2. The van der Waals surface area contributed by atoms with E-state index in [1.54, 1.807) is 48.5 Å². The van der Waals surface area contributed by atoms with Gasteiger partial charge in [-0.25, -0.2) is 8.42 Å². The summed E-state index contributed by atoms with van der Waals surface area (Å²) in [5.74, 6) is -0.202. The lowest BCUT2D eigenvalue weighted by atomic mass is 9.95. The molecule has 1 atom stereocenters. The van der Waals surface area contributed by atoms with Crippen molar-refractivity contribution in [3.8, 4) is 5.75 Å². The summed E-state index contributed by atoms with van der Waals surface area (Å²) in [6, 6.07) is 19.5. The van der Waals surface area contributed by atoms with Gasteiger partial charge in [-0.1, -0.05) is 73.7 Å². The minimum Gasteiger partial charge on any atom is -0.494 e. The fourth-order valence-corrected chi connectivity index (χ4v) is 7.13. The molecule has 0 aromatic heterocycles. The number of halogens is 1. The second-order valence-electron chi connectivity index (χ2n) is 11.1. The molecule has 0 heterocycles. The fraction of sp³-hybridized carbons (Fsp3) is 0.412. The lowest BCUT2D eigenvalue weighted by Gasteiger charge is -2.34. The Morgan fingerprint density at radius 1 is 0.955 bits per heavy atom. The third kappa shape index (κ3) is 8.33. The number of amides is 2. The second-order valence-corrected chi connectivity index (χ2v) is 13.4. The number of anilines is 1. The first-order valence-electron chi connectivity index (χ1n) is 15.3. The Morgan fingerprint density at radius 3 is 2.23 bits per heavy atom. The lowest BCUT2D eigenvalue weighted by Crippen LogP contribution is -2.54. The van der Waals surface area contributed by atoms with Crippen LogP contribution in [0.25, 0.3) is 0 Å². The van der Waals surface area contributed by atoms with Crippen molar-refractivity contribution in [3.63, 3.8) is 0 Å². The Kier molecular flexibility index (Phi) is 11.7. The zero-order valence-electron chi connectivity index (χ0n) is 25.7. The van der Waals surface area contributed by atoms with Crippen LogP contribution in [0, 0.1) is 6.92 Å². The van der Waals surface area contributed by atoms with Gasteiger partial charge in [0.05, 0.1) is 17.2 Å². The second kappa shape index (κ2) is 15.4. The molecule has 2 amide bonds. The molecule has 0 spiro atoms. The van der Waals surface area contributed by atoms with Crippen LogP contribution in [0.1, 0.15) is 63.5 Å². The van der Waals surface area contributed by atoms with E-state index in [9.17, 15) is 18.0 Å². The molecule has 0 aliphatic heterocycles. The van der Waals surface area contributed by atoms with E-state index in [1.165, 1.54) is 17.0 Å². The highest BCUT2D eigenvalue weighted by atomic mass is 35.5. The third-order valence-corrected chi connectivity index (χ3v) is 10.1. The van der Waals surface area contributed by atoms with Gasteiger partial charge >= 0.3 is 0 Å². The van der Waals surface area contributed by atoms with Gasteiger partial charge in [-0.2, -0.15) is 0 Å². The highest BCUT2D eigenvalue weighted by Crippen LogP contribution is 2.27. The summed E-state index contributed by atoms with van der Waals surface area (Å²) < 4.78 is 34.8. The molecule has 1 aliphatic rings.